The monoisotopic (exact) mass is 356 g/mol. The van der Waals surface area contributed by atoms with Crippen molar-refractivity contribution in [2.75, 3.05) is 13.1 Å². The Bertz CT molecular complexity index is 862. The average Bonchev–Trinajstić information content (AvgIpc) is 2.99. The smallest absolute Gasteiger partial charge is 0.326 e. The number of imidazole rings is 1. The first kappa shape index (κ1) is 17.3. The Balaban J connectivity index is 1.50. The topological polar surface area (TPSA) is 84.1 Å². The summed E-state index contributed by atoms with van der Waals surface area (Å²) < 4.78 is 1.86. The summed E-state index contributed by atoms with van der Waals surface area (Å²) in [6.07, 6.45) is 5.60. The second-order valence-electron chi connectivity index (χ2n) is 8.03. The van der Waals surface area contributed by atoms with Crippen molar-refractivity contribution in [2.24, 2.45) is 11.7 Å². The van der Waals surface area contributed by atoms with Gasteiger partial charge in [-0.15, -0.1) is 0 Å². The minimum absolute atomic E-state index is 0.0628. The highest BCUT2D eigenvalue weighted by atomic mass is 16.2. The van der Waals surface area contributed by atoms with Gasteiger partial charge >= 0.3 is 5.69 Å². The van der Waals surface area contributed by atoms with Gasteiger partial charge in [-0.1, -0.05) is 31.9 Å². The van der Waals surface area contributed by atoms with E-state index in [-0.39, 0.29) is 23.6 Å². The molecule has 2 aliphatic rings. The molecule has 6 nitrogen and oxygen atoms in total. The van der Waals surface area contributed by atoms with Crippen LogP contribution < -0.4 is 11.4 Å². The molecule has 140 valence electrons. The van der Waals surface area contributed by atoms with Crippen LogP contribution in [0, 0.1) is 5.92 Å². The second-order valence-corrected chi connectivity index (χ2v) is 8.03. The SMILES string of the molecule is CC1CCCCC1(N)C(=O)N1CCC(n2c(=O)[nH]c3ccccc32)CC1. The summed E-state index contributed by atoms with van der Waals surface area (Å²) in [6.45, 7) is 3.44. The van der Waals surface area contributed by atoms with Crippen LogP contribution in [0.25, 0.3) is 11.0 Å². The number of hydrogen-bond acceptors (Lipinski definition) is 3. The van der Waals surface area contributed by atoms with Crippen LogP contribution in [0.3, 0.4) is 0 Å². The molecule has 26 heavy (non-hydrogen) atoms. The molecule has 1 amide bonds. The molecule has 0 bridgehead atoms. The molecule has 0 spiro atoms. The van der Waals surface area contributed by atoms with Gasteiger partial charge in [0, 0.05) is 19.1 Å². The fraction of sp³-hybridized carbons (Fsp3) is 0.600. The molecule has 2 fully saturated rings. The third-order valence-corrected chi connectivity index (χ3v) is 6.50. The molecule has 0 radical (unpaired) electrons. The average molecular weight is 356 g/mol. The summed E-state index contributed by atoms with van der Waals surface area (Å²) >= 11 is 0. The fourth-order valence-electron chi connectivity index (χ4n) is 4.75. The number of para-hydroxylation sites is 2. The third kappa shape index (κ3) is 2.76. The van der Waals surface area contributed by atoms with E-state index in [0.29, 0.717) is 13.1 Å². The summed E-state index contributed by atoms with van der Waals surface area (Å²) in [5.74, 6) is 0.340. The Morgan fingerprint density at radius 2 is 1.92 bits per heavy atom. The van der Waals surface area contributed by atoms with Crippen molar-refractivity contribution in [3.63, 3.8) is 0 Å². The van der Waals surface area contributed by atoms with Gasteiger partial charge in [0.2, 0.25) is 5.91 Å². The Morgan fingerprint density at radius 1 is 1.19 bits per heavy atom. The van der Waals surface area contributed by atoms with Crippen molar-refractivity contribution >= 4 is 16.9 Å². The van der Waals surface area contributed by atoms with E-state index in [1.54, 1.807) is 0 Å². The molecule has 1 aromatic carbocycles. The maximum absolute atomic E-state index is 13.1. The van der Waals surface area contributed by atoms with Gasteiger partial charge in [-0.3, -0.25) is 9.36 Å². The molecule has 1 aliphatic carbocycles. The number of amides is 1. The Morgan fingerprint density at radius 3 is 2.65 bits per heavy atom. The minimum Gasteiger partial charge on any atom is -0.341 e. The van der Waals surface area contributed by atoms with Crippen molar-refractivity contribution in [1.29, 1.82) is 0 Å². The highest BCUT2D eigenvalue weighted by Crippen LogP contribution is 2.34. The van der Waals surface area contributed by atoms with Crippen molar-refractivity contribution in [3.8, 4) is 0 Å². The van der Waals surface area contributed by atoms with E-state index in [0.717, 1.165) is 43.1 Å². The Kier molecular flexibility index (Phi) is 4.39. The first-order valence-corrected chi connectivity index (χ1v) is 9.78. The van der Waals surface area contributed by atoms with E-state index in [1.165, 1.54) is 6.42 Å². The normalized spacial score (nSPS) is 27.8. The summed E-state index contributed by atoms with van der Waals surface area (Å²) in [7, 11) is 0. The lowest BCUT2D eigenvalue weighted by atomic mass is 9.73. The number of carbonyl (C=O) groups is 1. The zero-order valence-electron chi connectivity index (χ0n) is 15.4. The van der Waals surface area contributed by atoms with Gasteiger partial charge in [-0.2, -0.15) is 0 Å². The number of piperidine rings is 1. The van der Waals surface area contributed by atoms with Crippen molar-refractivity contribution in [2.45, 2.75) is 57.0 Å². The quantitative estimate of drug-likeness (QED) is 0.866. The molecule has 6 heteroatoms. The predicted molar refractivity (Wildman–Crippen MR) is 102 cm³/mol. The maximum Gasteiger partial charge on any atom is 0.326 e. The van der Waals surface area contributed by atoms with Crippen molar-refractivity contribution in [3.05, 3.63) is 34.7 Å². The number of carbonyl (C=O) groups excluding carboxylic acids is 1. The number of nitrogens with zero attached hydrogens (tertiary/aromatic N) is 2. The van der Waals surface area contributed by atoms with Gasteiger partial charge in [-0.25, -0.2) is 4.79 Å². The maximum atomic E-state index is 13.1. The van der Waals surface area contributed by atoms with Gasteiger partial charge in [0.1, 0.15) is 0 Å². The summed E-state index contributed by atoms with van der Waals surface area (Å²) in [4.78, 5) is 30.3. The van der Waals surface area contributed by atoms with Crippen LogP contribution in [0.4, 0.5) is 0 Å². The Hall–Kier alpha value is -2.08. The standard InChI is InChI=1S/C20H28N4O2/c1-14-6-4-5-11-20(14,21)18(25)23-12-9-15(10-13-23)24-17-8-3-2-7-16(17)22-19(24)26/h2-3,7-8,14-15H,4-6,9-13,21H2,1H3,(H,22,26). The zero-order valence-corrected chi connectivity index (χ0v) is 15.4. The number of fused-ring (bicyclic) bond motifs is 1. The van der Waals surface area contributed by atoms with Crippen LogP contribution in [0.15, 0.2) is 29.1 Å². The van der Waals surface area contributed by atoms with Crippen LogP contribution in [0.5, 0.6) is 0 Å². The van der Waals surface area contributed by atoms with Gasteiger partial charge in [0.15, 0.2) is 0 Å². The lowest BCUT2D eigenvalue weighted by Gasteiger charge is -2.43. The highest BCUT2D eigenvalue weighted by molar-refractivity contribution is 5.86. The molecular formula is C20H28N4O2. The largest absolute Gasteiger partial charge is 0.341 e. The number of aromatic nitrogens is 2. The molecule has 1 saturated heterocycles. The van der Waals surface area contributed by atoms with E-state index in [4.69, 9.17) is 5.73 Å². The first-order valence-electron chi connectivity index (χ1n) is 9.78. The number of aromatic amines is 1. The first-order chi connectivity index (χ1) is 12.5. The molecule has 2 unspecified atom stereocenters. The molecule has 1 aromatic heterocycles. The van der Waals surface area contributed by atoms with E-state index < -0.39 is 5.54 Å². The fourth-order valence-corrected chi connectivity index (χ4v) is 4.75. The van der Waals surface area contributed by atoms with Crippen LogP contribution in [0.2, 0.25) is 0 Å². The second kappa shape index (κ2) is 6.58. The molecule has 1 aliphatic heterocycles. The number of likely N-dealkylation sites (tertiary alicyclic amines) is 1. The number of benzene rings is 1. The number of nitrogens with two attached hydrogens (primary N) is 1. The summed E-state index contributed by atoms with van der Waals surface area (Å²) in [5, 5.41) is 0. The highest BCUT2D eigenvalue weighted by Gasteiger charge is 2.44. The van der Waals surface area contributed by atoms with Gasteiger partial charge in [0.05, 0.1) is 16.6 Å². The van der Waals surface area contributed by atoms with E-state index in [1.807, 2.05) is 33.7 Å². The third-order valence-electron chi connectivity index (χ3n) is 6.50. The van der Waals surface area contributed by atoms with E-state index in [2.05, 4.69) is 11.9 Å². The summed E-state index contributed by atoms with van der Waals surface area (Å²) in [6, 6.07) is 7.90. The van der Waals surface area contributed by atoms with E-state index in [9.17, 15) is 9.59 Å². The number of nitrogens with one attached hydrogen (secondary N) is 1. The van der Waals surface area contributed by atoms with Crippen LogP contribution >= 0.6 is 0 Å². The lowest BCUT2D eigenvalue weighted by molar-refractivity contribution is -0.141. The molecule has 1 saturated carbocycles. The number of H-pyrrole nitrogens is 1. The van der Waals surface area contributed by atoms with Gasteiger partial charge in [-0.05, 0) is 43.7 Å². The van der Waals surface area contributed by atoms with Crippen LogP contribution in [-0.2, 0) is 4.79 Å². The molecule has 2 heterocycles. The zero-order chi connectivity index (χ0) is 18.3. The lowest BCUT2D eigenvalue weighted by Crippen LogP contribution is -2.61. The summed E-state index contributed by atoms with van der Waals surface area (Å²) in [5.41, 5.74) is 7.60. The van der Waals surface area contributed by atoms with Crippen LogP contribution in [-0.4, -0.2) is 39.0 Å². The minimum atomic E-state index is -0.706. The molecular weight excluding hydrogens is 328 g/mol. The predicted octanol–water partition coefficient (Wildman–Crippen LogP) is 2.40. The van der Waals surface area contributed by atoms with E-state index >= 15 is 0 Å². The van der Waals surface area contributed by atoms with Crippen LogP contribution in [0.1, 0.15) is 51.5 Å². The number of rotatable bonds is 2. The van der Waals surface area contributed by atoms with Crippen molar-refractivity contribution in [1.82, 2.24) is 14.5 Å². The molecule has 2 aromatic rings. The van der Waals surface area contributed by atoms with Gasteiger partial charge < -0.3 is 15.6 Å². The number of hydrogen-bond donors (Lipinski definition) is 2. The molecule has 4 rings (SSSR count). The molecule has 3 N–H and O–H groups in total. The van der Waals surface area contributed by atoms with Gasteiger partial charge in [0.25, 0.3) is 0 Å². The Labute approximate surface area is 153 Å². The van der Waals surface area contributed by atoms with Crippen molar-refractivity contribution < 1.29 is 4.79 Å². The molecule has 2 atom stereocenters.